The number of anilines is 1. The number of hydrogen-bond donors (Lipinski definition) is 1. The third-order valence-corrected chi connectivity index (χ3v) is 4.78. The Balaban J connectivity index is 1.67. The van der Waals surface area contributed by atoms with Crippen molar-refractivity contribution in [3.8, 4) is 0 Å². The van der Waals surface area contributed by atoms with E-state index in [1.54, 1.807) is 0 Å². The second kappa shape index (κ2) is 7.68. The Kier molecular flexibility index (Phi) is 4.93. The van der Waals surface area contributed by atoms with Crippen LogP contribution in [-0.4, -0.2) is 33.1 Å². The minimum atomic E-state index is -0.230. The summed E-state index contributed by atoms with van der Waals surface area (Å²) >= 11 is 0. The molecule has 2 amide bonds. The Hall–Kier alpha value is -3.41. The third-order valence-electron chi connectivity index (χ3n) is 4.78. The summed E-state index contributed by atoms with van der Waals surface area (Å²) in [5, 5.41) is 13.6. The molecule has 1 N–H and O–H groups in total. The van der Waals surface area contributed by atoms with Crippen LogP contribution in [0.3, 0.4) is 0 Å². The number of nitrogens with zero attached hydrogens (tertiary/aromatic N) is 4. The van der Waals surface area contributed by atoms with Crippen LogP contribution >= 0.6 is 0 Å². The van der Waals surface area contributed by atoms with Crippen molar-refractivity contribution in [1.29, 1.82) is 0 Å². The first kappa shape index (κ1) is 18.0. The maximum absolute atomic E-state index is 12.7. The number of hydrogen-bond acceptors (Lipinski definition) is 3. The molecule has 1 aromatic heterocycles. The largest absolute Gasteiger partial charge is 0.342 e. The molecule has 0 saturated heterocycles. The molecule has 6 nitrogen and oxygen atoms in total. The Morgan fingerprint density at radius 1 is 1.07 bits per heavy atom. The van der Waals surface area contributed by atoms with E-state index in [1.807, 2.05) is 66.5 Å². The minimum absolute atomic E-state index is 0.00345. The van der Waals surface area contributed by atoms with E-state index >= 15 is 0 Å². The first-order valence-electron chi connectivity index (χ1n) is 9.40. The number of nitrogens with one attached hydrogen (secondary N) is 1. The molecular formula is C22H23N5O. The molecule has 28 heavy (non-hydrogen) atoms. The van der Waals surface area contributed by atoms with Crippen molar-refractivity contribution in [1.82, 2.24) is 14.8 Å². The zero-order chi connectivity index (χ0) is 19.5. The summed E-state index contributed by atoms with van der Waals surface area (Å²) in [5.74, 6) is 0. The number of rotatable bonds is 3. The monoisotopic (exact) mass is 373 g/mol. The average Bonchev–Trinajstić information content (AvgIpc) is 3.14. The molecule has 0 spiro atoms. The average molecular weight is 373 g/mol. The summed E-state index contributed by atoms with van der Waals surface area (Å²) in [5.41, 5.74) is 4.87. The van der Waals surface area contributed by atoms with E-state index in [-0.39, 0.29) is 12.1 Å². The SMILES string of the molecule is Cc1cccc(C2=NN(C(=O)Nc3ccccc3)CCC2n2cc(C)cn2)c1. The third kappa shape index (κ3) is 3.81. The molecule has 142 valence electrons. The van der Waals surface area contributed by atoms with Crippen LogP contribution in [0.2, 0.25) is 0 Å². The summed E-state index contributed by atoms with van der Waals surface area (Å²) < 4.78 is 1.95. The number of carbonyl (C=O) groups excluding carboxylic acids is 1. The summed E-state index contributed by atoms with van der Waals surface area (Å²) in [4.78, 5) is 12.7. The fraction of sp³-hybridized carbons (Fsp3) is 0.227. The molecule has 0 aliphatic carbocycles. The van der Waals surface area contributed by atoms with Crippen LogP contribution in [0.4, 0.5) is 10.5 Å². The summed E-state index contributed by atoms with van der Waals surface area (Å²) in [6, 6.07) is 17.4. The number of hydrazone groups is 1. The molecular weight excluding hydrogens is 350 g/mol. The van der Waals surface area contributed by atoms with Crippen LogP contribution in [0, 0.1) is 13.8 Å². The van der Waals surface area contributed by atoms with Crippen LogP contribution in [0.1, 0.15) is 29.2 Å². The van der Waals surface area contributed by atoms with Gasteiger partial charge in [0, 0.05) is 24.0 Å². The molecule has 3 aromatic rings. The van der Waals surface area contributed by atoms with E-state index < -0.39 is 0 Å². The Morgan fingerprint density at radius 2 is 1.89 bits per heavy atom. The van der Waals surface area contributed by atoms with Crippen LogP contribution < -0.4 is 5.32 Å². The van der Waals surface area contributed by atoms with Gasteiger partial charge in [-0.25, -0.2) is 9.80 Å². The topological polar surface area (TPSA) is 62.5 Å². The summed E-state index contributed by atoms with van der Waals surface area (Å²) in [6.07, 6.45) is 4.62. The van der Waals surface area contributed by atoms with Gasteiger partial charge in [0.15, 0.2) is 0 Å². The van der Waals surface area contributed by atoms with Gasteiger partial charge in [-0.3, -0.25) is 4.68 Å². The fourth-order valence-corrected chi connectivity index (χ4v) is 3.40. The lowest BCUT2D eigenvalue weighted by Gasteiger charge is -2.30. The molecule has 0 fully saturated rings. The highest BCUT2D eigenvalue weighted by atomic mass is 16.2. The number of carbonyl (C=O) groups is 1. The van der Waals surface area contributed by atoms with Crippen molar-refractivity contribution in [3.63, 3.8) is 0 Å². The van der Waals surface area contributed by atoms with Crippen molar-refractivity contribution in [2.45, 2.75) is 26.3 Å². The quantitative estimate of drug-likeness (QED) is 0.740. The number of para-hydroxylation sites is 1. The van der Waals surface area contributed by atoms with Gasteiger partial charge in [0.1, 0.15) is 0 Å². The maximum atomic E-state index is 12.7. The van der Waals surface area contributed by atoms with Gasteiger partial charge < -0.3 is 5.32 Å². The predicted octanol–water partition coefficient (Wildman–Crippen LogP) is 4.38. The van der Waals surface area contributed by atoms with E-state index in [9.17, 15) is 4.79 Å². The molecule has 1 unspecified atom stereocenters. The van der Waals surface area contributed by atoms with Gasteiger partial charge in [0.2, 0.25) is 0 Å². The molecule has 0 bridgehead atoms. The van der Waals surface area contributed by atoms with Gasteiger partial charge >= 0.3 is 6.03 Å². The van der Waals surface area contributed by atoms with Crippen LogP contribution in [0.25, 0.3) is 0 Å². The van der Waals surface area contributed by atoms with Crippen LogP contribution in [-0.2, 0) is 0 Å². The molecule has 2 aromatic carbocycles. The fourth-order valence-electron chi connectivity index (χ4n) is 3.40. The zero-order valence-corrected chi connectivity index (χ0v) is 16.0. The number of aryl methyl sites for hydroxylation is 2. The first-order valence-corrected chi connectivity index (χ1v) is 9.40. The highest BCUT2D eigenvalue weighted by Crippen LogP contribution is 2.25. The summed E-state index contributed by atoms with van der Waals surface area (Å²) in [7, 11) is 0. The van der Waals surface area contributed by atoms with Gasteiger partial charge in [-0.05, 0) is 38.0 Å². The van der Waals surface area contributed by atoms with E-state index in [2.05, 4.69) is 29.5 Å². The van der Waals surface area contributed by atoms with E-state index in [1.165, 1.54) is 5.01 Å². The number of aromatic nitrogens is 2. The molecule has 4 rings (SSSR count). The van der Waals surface area contributed by atoms with Crippen molar-refractivity contribution in [2.75, 3.05) is 11.9 Å². The van der Waals surface area contributed by atoms with Crippen molar-refractivity contribution in [2.24, 2.45) is 5.10 Å². The zero-order valence-electron chi connectivity index (χ0n) is 16.0. The van der Waals surface area contributed by atoms with Crippen LogP contribution in [0.15, 0.2) is 72.1 Å². The highest BCUT2D eigenvalue weighted by Gasteiger charge is 2.29. The smallest absolute Gasteiger partial charge is 0.306 e. The van der Waals surface area contributed by atoms with Crippen LogP contribution in [0.5, 0.6) is 0 Å². The van der Waals surface area contributed by atoms with Crippen molar-refractivity contribution >= 4 is 17.4 Å². The van der Waals surface area contributed by atoms with Gasteiger partial charge in [-0.15, -0.1) is 0 Å². The molecule has 2 heterocycles. The normalized spacial score (nSPS) is 16.6. The van der Waals surface area contributed by atoms with E-state index in [0.717, 1.165) is 34.5 Å². The predicted molar refractivity (Wildman–Crippen MR) is 111 cm³/mol. The van der Waals surface area contributed by atoms with E-state index in [0.29, 0.717) is 6.54 Å². The number of benzene rings is 2. The molecule has 1 atom stereocenters. The summed E-state index contributed by atoms with van der Waals surface area (Å²) in [6.45, 7) is 4.60. The Labute approximate surface area is 164 Å². The van der Waals surface area contributed by atoms with Gasteiger partial charge in [0.25, 0.3) is 0 Å². The van der Waals surface area contributed by atoms with Crippen molar-refractivity contribution < 1.29 is 4.79 Å². The Bertz CT molecular complexity index is 1010. The van der Waals surface area contributed by atoms with E-state index in [4.69, 9.17) is 5.10 Å². The number of amides is 2. The van der Waals surface area contributed by atoms with Gasteiger partial charge in [-0.1, -0.05) is 48.0 Å². The molecule has 0 saturated carbocycles. The molecule has 0 radical (unpaired) electrons. The standard InChI is InChI=1S/C22H23N5O/c1-16-7-6-8-18(13-16)21-20(27-15-17(2)14-23-27)11-12-26(25-21)22(28)24-19-9-4-3-5-10-19/h3-10,13-15,20H,11-12H2,1-2H3,(H,24,28). The molecule has 6 heteroatoms. The maximum Gasteiger partial charge on any atom is 0.342 e. The first-order chi connectivity index (χ1) is 13.6. The highest BCUT2D eigenvalue weighted by molar-refractivity contribution is 6.04. The lowest BCUT2D eigenvalue weighted by molar-refractivity contribution is 0.206. The van der Waals surface area contributed by atoms with Crippen molar-refractivity contribution in [3.05, 3.63) is 83.7 Å². The molecule has 1 aliphatic rings. The second-order valence-corrected chi connectivity index (χ2v) is 7.08. The van der Waals surface area contributed by atoms with Gasteiger partial charge in [-0.2, -0.15) is 10.2 Å². The lowest BCUT2D eigenvalue weighted by atomic mass is 9.98. The molecule has 1 aliphatic heterocycles. The lowest BCUT2D eigenvalue weighted by Crippen LogP contribution is -2.39. The second-order valence-electron chi connectivity index (χ2n) is 7.08. The Morgan fingerprint density at radius 3 is 2.61 bits per heavy atom. The minimum Gasteiger partial charge on any atom is -0.306 e. The number of urea groups is 1. The van der Waals surface area contributed by atoms with Gasteiger partial charge in [0.05, 0.1) is 18.0 Å².